The Morgan fingerprint density at radius 2 is 1.88 bits per heavy atom. The van der Waals surface area contributed by atoms with Crippen LogP contribution < -0.4 is 10.1 Å². The van der Waals surface area contributed by atoms with Gasteiger partial charge >= 0.3 is 5.97 Å². The molecule has 0 atom stereocenters. The number of ether oxygens (including phenoxy) is 2. The van der Waals surface area contributed by atoms with E-state index >= 15 is 0 Å². The number of nitrogens with zero attached hydrogens (tertiary/aromatic N) is 1. The SMILES string of the molecule is COC(=O)c1cc(NC(=O)CN2C(=O)S/C(=C\c3cc(Cl)c(O)c(OC)c3)C2=O)ccc1Cl. The molecule has 0 spiro atoms. The molecule has 2 aromatic carbocycles. The topological polar surface area (TPSA) is 122 Å². The summed E-state index contributed by atoms with van der Waals surface area (Å²) in [5.41, 5.74) is 0.702. The predicted molar refractivity (Wildman–Crippen MR) is 124 cm³/mol. The number of thioether (sulfide) groups is 1. The fraction of sp³-hybridized carbons (Fsp3) is 0.143. The maximum absolute atomic E-state index is 12.7. The van der Waals surface area contributed by atoms with E-state index in [4.69, 9.17) is 27.9 Å². The standard InChI is InChI=1S/C21H16Cl2N2O7S/c1-31-15-6-10(5-14(23)18(15)27)7-16-19(28)25(21(30)33-16)9-17(26)24-11-3-4-13(22)12(8-11)20(29)32-2/h3-8,27H,9H2,1-2H3,(H,24,26)/b16-7-. The average Bonchev–Trinajstić information content (AvgIpc) is 3.04. The molecule has 0 aromatic heterocycles. The van der Waals surface area contributed by atoms with E-state index < -0.39 is 29.6 Å². The summed E-state index contributed by atoms with van der Waals surface area (Å²) in [6.45, 7) is -0.544. The highest BCUT2D eigenvalue weighted by molar-refractivity contribution is 8.18. The first-order chi connectivity index (χ1) is 15.6. The number of esters is 1. The van der Waals surface area contributed by atoms with Gasteiger partial charge in [0.2, 0.25) is 5.91 Å². The van der Waals surface area contributed by atoms with E-state index in [1.165, 1.54) is 50.6 Å². The number of halogens is 2. The Kier molecular flexibility index (Phi) is 7.52. The van der Waals surface area contributed by atoms with Crippen molar-refractivity contribution in [3.8, 4) is 11.5 Å². The normalized spacial score (nSPS) is 14.5. The number of rotatable bonds is 6. The zero-order chi connectivity index (χ0) is 24.3. The molecule has 172 valence electrons. The van der Waals surface area contributed by atoms with Crippen LogP contribution >= 0.6 is 35.0 Å². The van der Waals surface area contributed by atoms with E-state index in [-0.39, 0.29) is 37.7 Å². The van der Waals surface area contributed by atoms with Gasteiger partial charge in [-0.05, 0) is 53.7 Å². The summed E-state index contributed by atoms with van der Waals surface area (Å²) in [5.74, 6) is -2.17. The number of benzene rings is 2. The molecule has 12 heteroatoms. The van der Waals surface area contributed by atoms with Gasteiger partial charge in [0.1, 0.15) is 6.54 Å². The third kappa shape index (κ3) is 5.41. The predicted octanol–water partition coefficient (Wildman–Crippen LogP) is 4.17. The minimum Gasteiger partial charge on any atom is -0.503 e. The molecule has 0 unspecified atom stereocenters. The monoisotopic (exact) mass is 510 g/mol. The number of aromatic hydroxyl groups is 1. The number of carbonyl (C=O) groups is 4. The van der Waals surface area contributed by atoms with Gasteiger partial charge in [-0.2, -0.15) is 0 Å². The summed E-state index contributed by atoms with van der Waals surface area (Å²) in [6, 6.07) is 7.04. The molecule has 2 N–H and O–H groups in total. The molecule has 3 amide bonds. The van der Waals surface area contributed by atoms with Gasteiger partial charge in [0.15, 0.2) is 11.5 Å². The number of carbonyl (C=O) groups excluding carboxylic acids is 4. The van der Waals surface area contributed by atoms with Crippen molar-refractivity contribution in [2.24, 2.45) is 0 Å². The van der Waals surface area contributed by atoms with Crippen LogP contribution in [0.4, 0.5) is 10.5 Å². The summed E-state index contributed by atoms with van der Waals surface area (Å²) >= 11 is 12.6. The fourth-order valence-corrected chi connectivity index (χ4v) is 4.09. The summed E-state index contributed by atoms with van der Waals surface area (Å²) in [5, 5.41) is 11.8. The Morgan fingerprint density at radius 3 is 2.55 bits per heavy atom. The van der Waals surface area contributed by atoms with Crippen molar-refractivity contribution in [3.05, 3.63) is 56.4 Å². The number of hydrogen-bond donors (Lipinski definition) is 2. The summed E-state index contributed by atoms with van der Waals surface area (Å²) in [6.07, 6.45) is 1.40. The number of amides is 3. The first-order valence-electron chi connectivity index (χ1n) is 9.14. The molecule has 3 rings (SSSR count). The van der Waals surface area contributed by atoms with Crippen molar-refractivity contribution >= 4 is 69.8 Å². The Hall–Kier alpha value is -3.21. The zero-order valence-corrected chi connectivity index (χ0v) is 19.5. The van der Waals surface area contributed by atoms with Crippen molar-refractivity contribution in [1.82, 2.24) is 4.90 Å². The smallest absolute Gasteiger partial charge is 0.339 e. The number of hydrogen-bond acceptors (Lipinski definition) is 8. The van der Waals surface area contributed by atoms with E-state index in [2.05, 4.69) is 10.1 Å². The highest BCUT2D eigenvalue weighted by Gasteiger charge is 2.36. The third-order valence-corrected chi connectivity index (χ3v) is 5.92. The van der Waals surface area contributed by atoms with Crippen LogP contribution in [0.3, 0.4) is 0 Å². The molecule has 0 radical (unpaired) electrons. The molecule has 9 nitrogen and oxygen atoms in total. The molecular weight excluding hydrogens is 495 g/mol. The molecule has 0 bridgehead atoms. The molecule has 1 heterocycles. The van der Waals surface area contributed by atoms with Gasteiger partial charge in [0.05, 0.1) is 34.7 Å². The molecule has 2 aromatic rings. The second-order valence-corrected chi connectivity index (χ2v) is 8.36. The molecule has 1 saturated heterocycles. The number of anilines is 1. The van der Waals surface area contributed by atoms with Gasteiger partial charge < -0.3 is 19.9 Å². The molecule has 0 aliphatic carbocycles. The highest BCUT2D eigenvalue weighted by atomic mass is 35.5. The lowest BCUT2D eigenvalue weighted by molar-refractivity contribution is -0.127. The second-order valence-electron chi connectivity index (χ2n) is 6.56. The lowest BCUT2D eigenvalue weighted by Crippen LogP contribution is -2.36. The van der Waals surface area contributed by atoms with Crippen LogP contribution in [0, 0.1) is 0 Å². The van der Waals surface area contributed by atoms with Gasteiger partial charge in [0, 0.05) is 5.69 Å². The zero-order valence-electron chi connectivity index (χ0n) is 17.2. The van der Waals surface area contributed by atoms with Crippen molar-refractivity contribution in [2.45, 2.75) is 0 Å². The third-order valence-electron chi connectivity index (χ3n) is 4.40. The van der Waals surface area contributed by atoms with E-state index in [9.17, 15) is 24.3 Å². The summed E-state index contributed by atoms with van der Waals surface area (Å²) in [4.78, 5) is 50.0. The lowest BCUT2D eigenvalue weighted by atomic mass is 10.2. The Balaban J connectivity index is 1.74. The molecule has 1 fully saturated rings. The van der Waals surface area contributed by atoms with Gasteiger partial charge in [-0.3, -0.25) is 19.3 Å². The van der Waals surface area contributed by atoms with Crippen LogP contribution in [0.2, 0.25) is 10.0 Å². The van der Waals surface area contributed by atoms with E-state index in [1.54, 1.807) is 0 Å². The van der Waals surface area contributed by atoms with Crippen molar-refractivity contribution in [2.75, 3.05) is 26.1 Å². The molecule has 1 aliphatic rings. The van der Waals surface area contributed by atoms with Crippen molar-refractivity contribution < 1.29 is 33.8 Å². The second kappa shape index (κ2) is 10.2. The average molecular weight is 511 g/mol. The van der Waals surface area contributed by atoms with Crippen LogP contribution in [0.1, 0.15) is 15.9 Å². The number of imide groups is 1. The minimum atomic E-state index is -0.682. The largest absolute Gasteiger partial charge is 0.503 e. The number of methoxy groups -OCH3 is 2. The maximum Gasteiger partial charge on any atom is 0.339 e. The van der Waals surface area contributed by atoms with Crippen molar-refractivity contribution in [1.29, 1.82) is 0 Å². The van der Waals surface area contributed by atoms with Crippen LogP contribution in [0.25, 0.3) is 6.08 Å². The first kappa shape index (κ1) is 24.4. The Bertz CT molecular complexity index is 1200. The molecular formula is C21H16Cl2N2O7S. The number of phenols is 1. The molecule has 0 saturated carbocycles. The quantitative estimate of drug-likeness (QED) is 0.438. The van der Waals surface area contributed by atoms with Gasteiger partial charge in [-0.1, -0.05) is 23.2 Å². The molecule has 33 heavy (non-hydrogen) atoms. The summed E-state index contributed by atoms with van der Waals surface area (Å²) in [7, 11) is 2.54. The Morgan fingerprint density at radius 1 is 1.15 bits per heavy atom. The Labute approximate surface area is 202 Å². The van der Waals surface area contributed by atoms with E-state index in [0.717, 1.165) is 4.90 Å². The van der Waals surface area contributed by atoms with Crippen LogP contribution in [0.15, 0.2) is 35.2 Å². The van der Waals surface area contributed by atoms with E-state index in [1.807, 2.05) is 0 Å². The van der Waals surface area contributed by atoms with Crippen LogP contribution in [-0.2, 0) is 14.3 Å². The fourth-order valence-electron chi connectivity index (χ4n) is 2.83. The highest BCUT2D eigenvalue weighted by Crippen LogP contribution is 2.38. The first-order valence-corrected chi connectivity index (χ1v) is 10.7. The minimum absolute atomic E-state index is 0.00787. The maximum atomic E-state index is 12.7. The summed E-state index contributed by atoms with van der Waals surface area (Å²) < 4.78 is 9.65. The van der Waals surface area contributed by atoms with Gasteiger partial charge in [0.25, 0.3) is 11.1 Å². The van der Waals surface area contributed by atoms with Gasteiger partial charge in [-0.15, -0.1) is 0 Å². The van der Waals surface area contributed by atoms with Crippen molar-refractivity contribution in [3.63, 3.8) is 0 Å². The number of phenolic OH excluding ortho intramolecular Hbond substituents is 1. The van der Waals surface area contributed by atoms with E-state index in [0.29, 0.717) is 17.3 Å². The lowest BCUT2D eigenvalue weighted by Gasteiger charge is -2.13. The molecule has 1 aliphatic heterocycles. The number of nitrogens with one attached hydrogen (secondary N) is 1. The van der Waals surface area contributed by atoms with Crippen LogP contribution in [0.5, 0.6) is 11.5 Å². The van der Waals surface area contributed by atoms with Gasteiger partial charge in [-0.25, -0.2) is 4.79 Å². The van der Waals surface area contributed by atoms with Crippen LogP contribution in [-0.4, -0.2) is 53.8 Å².